The van der Waals surface area contributed by atoms with Gasteiger partial charge in [-0.1, -0.05) is 12.1 Å². The Hall–Kier alpha value is -1.20. The summed E-state index contributed by atoms with van der Waals surface area (Å²) in [6.07, 6.45) is 0. The normalized spacial score (nSPS) is 10.1. The highest BCUT2D eigenvalue weighted by Crippen LogP contribution is 2.07. The Bertz CT molecular complexity index is 231. The average molecular weight is 208 g/mol. The Morgan fingerprint density at radius 1 is 1.21 bits per heavy atom. The number of benzene rings is 1. The van der Waals surface area contributed by atoms with E-state index in [0.717, 1.165) is 12.4 Å². The summed E-state index contributed by atoms with van der Waals surface area (Å²) < 4.78 is 44.2. The monoisotopic (exact) mass is 208 g/mol. The summed E-state index contributed by atoms with van der Waals surface area (Å²) in [7, 11) is -6.00. The van der Waals surface area contributed by atoms with E-state index in [1.165, 1.54) is 0 Å². The second kappa shape index (κ2) is 6.29. The van der Waals surface area contributed by atoms with E-state index in [9.17, 15) is 17.3 Å². The van der Waals surface area contributed by atoms with Crippen LogP contribution in [0.15, 0.2) is 24.3 Å². The third-order valence-corrected chi connectivity index (χ3v) is 0.999. The first-order valence-corrected chi connectivity index (χ1v) is 3.89. The molecule has 0 amide bonds. The first kappa shape index (κ1) is 12.8. The summed E-state index contributed by atoms with van der Waals surface area (Å²) in [5.74, 6) is 0.913. The molecule has 14 heavy (non-hydrogen) atoms. The Morgan fingerprint density at radius 3 is 2.00 bits per heavy atom. The minimum atomic E-state index is -6.00. The number of rotatable bonds is 2. The van der Waals surface area contributed by atoms with Gasteiger partial charge in [-0.25, -0.2) is 0 Å². The molecule has 0 saturated heterocycles. The maximum atomic E-state index is 9.75. The topological polar surface area (TPSA) is 9.23 Å². The fourth-order valence-electron chi connectivity index (χ4n) is 0.634. The summed E-state index contributed by atoms with van der Waals surface area (Å²) in [5, 5.41) is 0. The summed E-state index contributed by atoms with van der Waals surface area (Å²) in [6, 6.07) is 10.4. The van der Waals surface area contributed by atoms with Crippen LogP contribution in [0.5, 0.6) is 5.75 Å². The molecule has 1 aromatic rings. The van der Waals surface area contributed by atoms with E-state index in [1.54, 1.807) is 0 Å². The molecule has 1 nitrogen and oxygen atoms in total. The van der Waals surface area contributed by atoms with Gasteiger partial charge in [-0.05, 0) is 25.1 Å². The van der Waals surface area contributed by atoms with Crippen LogP contribution in [0.1, 0.15) is 6.92 Å². The van der Waals surface area contributed by atoms with Gasteiger partial charge in [0.25, 0.3) is 0 Å². The number of halogens is 4. The fraction of sp³-hybridized carbons (Fsp3) is 0.250. The van der Waals surface area contributed by atoms with Gasteiger partial charge in [0.1, 0.15) is 5.75 Å². The van der Waals surface area contributed by atoms with Crippen molar-refractivity contribution in [1.29, 1.82) is 0 Å². The highest BCUT2D eigenvalue weighted by Gasteiger charge is 2.20. The average Bonchev–Trinajstić information content (AvgIpc) is 2.03. The summed E-state index contributed by atoms with van der Waals surface area (Å²) in [6.45, 7) is 2.70. The molecule has 0 atom stereocenters. The largest absolute Gasteiger partial charge is 0.673 e. The van der Waals surface area contributed by atoms with E-state index >= 15 is 0 Å². The zero-order chi connectivity index (χ0) is 11.0. The van der Waals surface area contributed by atoms with Gasteiger partial charge < -0.3 is 22.0 Å². The minimum Gasteiger partial charge on any atom is -0.494 e. The second-order valence-corrected chi connectivity index (χ2v) is 2.16. The molecule has 0 N–H and O–H groups in total. The van der Waals surface area contributed by atoms with Crippen LogP contribution in [0.25, 0.3) is 0 Å². The zero-order valence-corrected chi connectivity index (χ0v) is 7.51. The molecule has 0 spiro atoms. The van der Waals surface area contributed by atoms with Crippen molar-refractivity contribution in [2.75, 3.05) is 6.61 Å². The summed E-state index contributed by atoms with van der Waals surface area (Å²) in [5.41, 5.74) is 0. The Morgan fingerprint density at radius 2 is 1.64 bits per heavy atom. The molecule has 6 heteroatoms. The van der Waals surface area contributed by atoms with Crippen molar-refractivity contribution in [2.45, 2.75) is 6.92 Å². The summed E-state index contributed by atoms with van der Waals surface area (Å²) >= 11 is 0. The van der Waals surface area contributed by atoms with Gasteiger partial charge in [-0.3, -0.25) is 0 Å². The smallest absolute Gasteiger partial charge is 0.494 e. The first-order valence-electron chi connectivity index (χ1n) is 3.89. The van der Waals surface area contributed by atoms with Gasteiger partial charge >= 0.3 is 7.25 Å². The third-order valence-electron chi connectivity index (χ3n) is 0.999. The predicted molar refractivity (Wildman–Crippen MR) is 46.6 cm³/mol. The van der Waals surface area contributed by atoms with Crippen molar-refractivity contribution in [3.63, 3.8) is 0 Å². The van der Waals surface area contributed by atoms with Crippen molar-refractivity contribution < 1.29 is 22.0 Å². The Balaban J connectivity index is 0.000000292. The van der Waals surface area contributed by atoms with Crippen LogP contribution < -0.4 is 4.74 Å². The van der Waals surface area contributed by atoms with Crippen molar-refractivity contribution in [3.05, 3.63) is 30.3 Å². The van der Waals surface area contributed by atoms with Crippen LogP contribution in [-0.2, 0) is 0 Å². The van der Waals surface area contributed by atoms with E-state index < -0.39 is 7.25 Å². The number of hydrogen-bond donors (Lipinski definition) is 0. The molecule has 0 bridgehead atoms. The molecule has 0 fully saturated rings. The molecule has 0 unspecified atom stereocenters. The van der Waals surface area contributed by atoms with Crippen molar-refractivity contribution >= 4 is 7.25 Å². The molecule has 1 aromatic carbocycles. The van der Waals surface area contributed by atoms with E-state index in [2.05, 4.69) is 6.07 Å². The van der Waals surface area contributed by atoms with Gasteiger partial charge in [0.05, 0.1) is 6.61 Å². The van der Waals surface area contributed by atoms with E-state index in [4.69, 9.17) is 4.74 Å². The Labute approximate surface area is 79.8 Å². The molecule has 0 aliphatic rings. The van der Waals surface area contributed by atoms with Crippen LogP contribution in [0, 0.1) is 6.07 Å². The standard InChI is InChI=1S/C8H9O.BF4/c1-2-9-8-6-4-3-5-7-8;2-1(3,4)5/h4-7H,2H2,1H3;/q;-1. The number of ether oxygens (including phenoxy) is 1. The minimum absolute atomic E-state index is 0.726. The molecule has 79 valence electrons. The Kier molecular flexibility index (Phi) is 5.75. The molecule has 1 radical (unpaired) electrons. The lowest BCUT2D eigenvalue weighted by atomic mass is 10.3. The van der Waals surface area contributed by atoms with Crippen molar-refractivity contribution in [2.24, 2.45) is 0 Å². The highest BCUT2D eigenvalue weighted by molar-refractivity contribution is 6.50. The van der Waals surface area contributed by atoms with Crippen LogP contribution in [0.3, 0.4) is 0 Å². The quantitative estimate of drug-likeness (QED) is 0.535. The van der Waals surface area contributed by atoms with Crippen LogP contribution in [0.2, 0.25) is 0 Å². The molecule has 0 aromatic heterocycles. The third kappa shape index (κ3) is 10.8. The lowest BCUT2D eigenvalue weighted by molar-refractivity contribution is 0.340. The molecule has 0 heterocycles. The molecule has 0 aliphatic heterocycles. The highest BCUT2D eigenvalue weighted by atomic mass is 19.5. The summed E-state index contributed by atoms with van der Waals surface area (Å²) in [4.78, 5) is 0. The molecule has 1 rings (SSSR count). The van der Waals surface area contributed by atoms with E-state index in [-0.39, 0.29) is 0 Å². The fourth-order valence-corrected chi connectivity index (χ4v) is 0.634. The van der Waals surface area contributed by atoms with Crippen molar-refractivity contribution in [1.82, 2.24) is 0 Å². The van der Waals surface area contributed by atoms with Gasteiger partial charge in [-0.15, -0.1) is 0 Å². The maximum Gasteiger partial charge on any atom is 0.673 e. The zero-order valence-electron chi connectivity index (χ0n) is 7.51. The van der Waals surface area contributed by atoms with Gasteiger partial charge in [0.2, 0.25) is 0 Å². The van der Waals surface area contributed by atoms with Crippen molar-refractivity contribution in [3.8, 4) is 5.75 Å². The van der Waals surface area contributed by atoms with E-state index in [1.807, 2.05) is 31.2 Å². The van der Waals surface area contributed by atoms with Crippen LogP contribution in [0.4, 0.5) is 17.3 Å². The molecule has 0 saturated carbocycles. The van der Waals surface area contributed by atoms with E-state index in [0.29, 0.717) is 0 Å². The molecule has 0 aliphatic carbocycles. The molecular formula is C8H9BF4O-. The second-order valence-electron chi connectivity index (χ2n) is 2.16. The van der Waals surface area contributed by atoms with Gasteiger partial charge in [-0.2, -0.15) is 0 Å². The van der Waals surface area contributed by atoms with Gasteiger partial charge in [0.15, 0.2) is 0 Å². The maximum absolute atomic E-state index is 9.75. The first-order chi connectivity index (χ1) is 6.43. The lowest BCUT2D eigenvalue weighted by Gasteiger charge is -1.98. The van der Waals surface area contributed by atoms with Gasteiger partial charge in [0, 0.05) is 0 Å². The predicted octanol–water partition coefficient (Wildman–Crippen LogP) is 3.19. The SMILES string of the molecule is CCOc1cc[c]cc1.F[B-](F)(F)F. The molecular weight excluding hydrogens is 199 g/mol. The van der Waals surface area contributed by atoms with Crippen LogP contribution in [-0.4, -0.2) is 13.9 Å². The lowest BCUT2D eigenvalue weighted by Crippen LogP contribution is -2.02. The van der Waals surface area contributed by atoms with Crippen LogP contribution >= 0.6 is 0 Å². The number of hydrogen-bond acceptors (Lipinski definition) is 1.